The molecule has 2 heterocycles. The van der Waals surface area contributed by atoms with E-state index in [0.717, 1.165) is 0 Å². The van der Waals surface area contributed by atoms with Gasteiger partial charge in [-0.2, -0.15) is 0 Å². The summed E-state index contributed by atoms with van der Waals surface area (Å²) in [7, 11) is 5.22. The Labute approximate surface area is 98.8 Å². The summed E-state index contributed by atoms with van der Waals surface area (Å²) >= 11 is 0. The molecule has 6 heteroatoms. The molecule has 0 bridgehead atoms. The third-order valence-corrected chi connectivity index (χ3v) is 2.26. The van der Waals surface area contributed by atoms with Gasteiger partial charge >= 0.3 is 5.97 Å². The minimum Gasteiger partial charge on any atom is -0.464 e. The molecule has 0 aliphatic heterocycles. The van der Waals surface area contributed by atoms with Gasteiger partial charge in [-0.1, -0.05) is 6.07 Å². The first-order chi connectivity index (χ1) is 8.11. The van der Waals surface area contributed by atoms with Crippen LogP contribution in [0.2, 0.25) is 0 Å². The summed E-state index contributed by atoms with van der Waals surface area (Å²) in [5, 5.41) is 4.28. The van der Waals surface area contributed by atoms with Gasteiger partial charge in [0.2, 0.25) is 0 Å². The molecule has 0 aliphatic carbocycles. The Morgan fingerprint density at radius 2 is 2.24 bits per heavy atom. The normalized spacial score (nSPS) is 11.1. The van der Waals surface area contributed by atoms with Crippen molar-refractivity contribution in [3.63, 3.8) is 0 Å². The van der Waals surface area contributed by atoms with E-state index in [1.807, 2.05) is 19.0 Å². The maximum Gasteiger partial charge on any atom is 0.356 e. The van der Waals surface area contributed by atoms with Gasteiger partial charge in [-0.25, -0.2) is 14.3 Å². The fraction of sp³-hybridized carbons (Fsp3) is 0.364. The molecule has 0 spiro atoms. The second-order valence-electron chi connectivity index (χ2n) is 3.94. The summed E-state index contributed by atoms with van der Waals surface area (Å²) in [4.78, 5) is 17.8. The molecule has 0 saturated carbocycles. The molecule has 0 atom stereocenters. The highest BCUT2D eigenvalue weighted by molar-refractivity contribution is 5.88. The molecule has 2 rings (SSSR count). The zero-order chi connectivity index (χ0) is 12.4. The number of esters is 1. The Morgan fingerprint density at radius 1 is 1.47 bits per heavy atom. The van der Waals surface area contributed by atoms with E-state index >= 15 is 0 Å². The monoisotopic (exact) mass is 234 g/mol. The zero-order valence-corrected chi connectivity index (χ0v) is 10.0. The predicted molar refractivity (Wildman–Crippen MR) is 61.7 cm³/mol. The Balaban J connectivity index is 2.49. The lowest BCUT2D eigenvalue weighted by atomic mass is 10.3. The number of carbonyl (C=O) groups is 1. The molecule has 17 heavy (non-hydrogen) atoms. The number of rotatable bonds is 3. The summed E-state index contributed by atoms with van der Waals surface area (Å²) in [5.41, 5.74) is 1.02. The van der Waals surface area contributed by atoms with Crippen LogP contribution in [0.5, 0.6) is 0 Å². The average molecular weight is 234 g/mol. The summed E-state index contributed by atoms with van der Waals surface area (Å²) in [6, 6.07) is 5.22. The minimum atomic E-state index is -0.420. The van der Waals surface area contributed by atoms with E-state index in [9.17, 15) is 4.79 Å². The number of ether oxygens (including phenoxy) is 1. The number of nitrogens with zero attached hydrogens (tertiary/aromatic N) is 4. The number of carbonyl (C=O) groups excluding carboxylic acids is 1. The van der Waals surface area contributed by atoms with Gasteiger partial charge in [0.05, 0.1) is 13.7 Å². The van der Waals surface area contributed by atoms with Crippen molar-refractivity contribution in [2.75, 3.05) is 21.2 Å². The van der Waals surface area contributed by atoms with Gasteiger partial charge in [-0.3, -0.25) is 0 Å². The van der Waals surface area contributed by atoms with Gasteiger partial charge in [0.1, 0.15) is 0 Å². The largest absolute Gasteiger partial charge is 0.464 e. The molecular weight excluding hydrogens is 220 g/mol. The van der Waals surface area contributed by atoms with Crippen molar-refractivity contribution < 1.29 is 9.53 Å². The van der Waals surface area contributed by atoms with Crippen molar-refractivity contribution in [3.05, 3.63) is 29.7 Å². The first-order valence-corrected chi connectivity index (χ1v) is 5.19. The van der Waals surface area contributed by atoms with Crippen LogP contribution in [0.4, 0.5) is 0 Å². The standard InChI is InChI=1S/C11H14N4O2/c1-14(2)7-9-12-10-6-4-5-8(11(16)17-3)15(10)13-9/h4-6H,7H2,1-3H3. The van der Waals surface area contributed by atoms with Gasteiger partial charge in [-0.05, 0) is 26.2 Å². The Hall–Kier alpha value is -1.95. The van der Waals surface area contributed by atoms with Crippen molar-refractivity contribution in [1.29, 1.82) is 0 Å². The van der Waals surface area contributed by atoms with Crippen LogP contribution < -0.4 is 0 Å². The first kappa shape index (κ1) is 11.5. The second-order valence-corrected chi connectivity index (χ2v) is 3.94. The second kappa shape index (κ2) is 4.50. The van der Waals surface area contributed by atoms with Crippen molar-refractivity contribution >= 4 is 11.6 Å². The third kappa shape index (κ3) is 2.26. The maximum absolute atomic E-state index is 11.5. The summed E-state index contributed by atoms with van der Waals surface area (Å²) < 4.78 is 6.20. The molecule has 2 aromatic rings. The van der Waals surface area contributed by atoms with E-state index in [0.29, 0.717) is 23.7 Å². The van der Waals surface area contributed by atoms with Crippen LogP contribution in [0.1, 0.15) is 16.3 Å². The van der Waals surface area contributed by atoms with Crippen molar-refractivity contribution in [2.45, 2.75) is 6.54 Å². The molecule has 0 aliphatic rings. The highest BCUT2D eigenvalue weighted by Crippen LogP contribution is 2.07. The van der Waals surface area contributed by atoms with E-state index < -0.39 is 5.97 Å². The third-order valence-electron chi connectivity index (χ3n) is 2.26. The molecule has 6 nitrogen and oxygen atoms in total. The Kier molecular flexibility index (Phi) is 3.06. The maximum atomic E-state index is 11.5. The molecule has 90 valence electrons. The van der Waals surface area contributed by atoms with E-state index in [1.54, 1.807) is 18.2 Å². The summed E-state index contributed by atoms with van der Waals surface area (Å²) in [5.74, 6) is 0.253. The predicted octanol–water partition coefficient (Wildman–Crippen LogP) is 0.577. The van der Waals surface area contributed by atoms with Gasteiger partial charge in [0.15, 0.2) is 17.2 Å². The van der Waals surface area contributed by atoms with E-state index in [2.05, 4.69) is 10.1 Å². The van der Waals surface area contributed by atoms with Gasteiger partial charge in [0.25, 0.3) is 0 Å². The number of fused-ring (bicyclic) bond motifs is 1. The van der Waals surface area contributed by atoms with Crippen LogP contribution in [0.3, 0.4) is 0 Å². The average Bonchev–Trinajstić information content (AvgIpc) is 2.68. The minimum absolute atomic E-state index is 0.377. The molecule has 0 amide bonds. The topological polar surface area (TPSA) is 59.7 Å². The number of methoxy groups -OCH3 is 1. The summed E-state index contributed by atoms with van der Waals surface area (Å²) in [6.45, 7) is 0.627. The first-order valence-electron chi connectivity index (χ1n) is 5.19. The quantitative estimate of drug-likeness (QED) is 0.727. The molecular formula is C11H14N4O2. The van der Waals surface area contributed by atoms with Gasteiger partial charge in [-0.15, -0.1) is 5.10 Å². The van der Waals surface area contributed by atoms with Crippen molar-refractivity contribution in [3.8, 4) is 0 Å². The number of aromatic nitrogens is 3. The molecule has 2 aromatic heterocycles. The lowest BCUT2D eigenvalue weighted by molar-refractivity contribution is 0.0591. The van der Waals surface area contributed by atoms with Gasteiger partial charge in [0, 0.05) is 0 Å². The molecule has 0 aromatic carbocycles. The van der Waals surface area contributed by atoms with Crippen LogP contribution in [0.15, 0.2) is 18.2 Å². The fourth-order valence-electron chi connectivity index (χ4n) is 1.56. The van der Waals surface area contributed by atoms with E-state index in [4.69, 9.17) is 4.74 Å². The van der Waals surface area contributed by atoms with Crippen LogP contribution in [0, 0.1) is 0 Å². The van der Waals surface area contributed by atoms with Gasteiger partial charge < -0.3 is 9.64 Å². The number of pyridine rings is 1. The van der Waals surface area contributed by atoms with Crippen LogP contribution >= 0.6 is 0 Å². The molecule has 0 N–H and O–H groups in total. The molecule has 0 unspecified atom stereocenters. The van der Waals surface area contributed by atoms with Crippen molar-refractivity contribution in [1.82, 2.24) is 19.5 Å². The SMILES string of the molecule is COC(=O)c1cccc2nc(CN(C)C)nn12. The van der Waals surface area contributed by atoms with Crippen LogP contribution in [-0.4, -0.2) is 46.7 Å². The lowest BCUT2D eigenvalue weighted by Crippen LogP contribution is -2.12. The van der Waals surface area contributed by atoms with Crippen molar-refractivity contribution in [2.24, 2.45) is 0 Å². The van der Waals surface area contributed by atoms with Crippen LogP contribution in [0.25, 0.3) is 5.65 Å². The van der Waals surface area contributed by atoms with E-state index in [1.165, 1.54) is 11.6 Å². The highest BCUT2D eigenvalue weighted by atomic mass is 16.5. The van der Waals surface area contributed by atoms with E-state index in [-0.39, 0.29) is 0 Å². The molecule has 0 fully saturated rings. The fourth-order valence-corrected chi connectivity index (χ4v) is 1.56. The number of hydrogen-bond donors (Lipinski definition) is 0. The number of hydrogen-bond acceptors (Lipinski definition) is 5. The zero-order valence-electron chi connectivity index (χ0n) is 10.0. The molecule has 0 radical (unpaired) electrons. The highest BCUT2D eigenvalue weighted by Gasteiger charge is 2.13. The van der Waals surface area contributed by atoms with Crippen LogP contribution in [-0.2, 0) is 11.3 Å². The Morgan fingerprint density at radius 3 is 2.88 bits per heavy atom. The lowest BCUT2D eigenvalue weighted by Gasteiger charge is -2.04. The summed E-state index contributed by atoms with van der Waals surface area (Å²) in [6.07, 6.45) is 0. The molecule has 0 saturated heterocycles. The Bertz CT molecular complexity index is 547. The smallest absolute Gasteiger partial charge is 0.356 e.